The molecular weight excluding hydrogens is 502 g/mol. The van der Waals surface area contributed by atoms with E-state index in [2.05, 4.69) is 42.1 Å². The van der Waals surface area contributed by atoms with Crippen LogP contribution in [0.3, 0.4) is 0 Å². The second kappa shape index (κ2) is 9.78. The van der Waals surface area contributed by atoms with Gasteiger partial charge in [0.05, 0.1) is 35.1 Å². The zero-order chi connectivity index (χ0) is 25.5. The van der Waals surface area contributed by atoms with Gasteiger partial charge < -0.3 is 19.5 Å². The van der Waals surface area contributed by atoms with Crippen LogP contribution >= 0.6 is 11.3 Å². The van der Waals surface area contributed by atoms with Crippen molar-refractivity contribution in [1.29, 1.82) is 0 Å². The second-order valence-electron chi connectivity index (χ2n) is 9.54. The zero-order valence-electron chi connectivity index (χ0n) is 20.8. The van der Waals surface area contributed by atoms with Crippen molar-refractivity contribution in [2.75, 3.05) is 57.4 Å². The number of aromatic amines is 2. The minimum Gasteiger partial charge on any atom is -0.378 e. The predicted molar refractivity (Wildman–Crippen MR) is 145 cm³/mol. The van der Waals surface area contributed by atoms with Gasteiger partial charge in [-0.2, -0.15) is 5.10 Å². The highest BCUT2D eigenvalue weighted by atomic mass is 32.1. The highest BCUT2D eigenvalue weighted by Crippen LogP contribution is 2.36. The van der Waals surface area contributed by atoms with E-state index in [1.54, 1.807) is 23.7 Å². The lowest BCUT2D eigenvalue weighted by molar-refractivity contribution is 0.0619. The fourth-order valence-electron chi connectivity index (χ4n) is 5.18. The summed E-state index contributed by atoms with van der Waals surface area (Å²) in [6.07, 6.45) is 5.13. The van der Waals surface area contributed by atoms with Gasteiger partial charge in [0.15, 0.2) is 17.5 Å². The fourth-order valence-corrected chi connectivity index (χ4v) is 6.33. The van der Waals surface area contributed by atoms with Crippen LogP contribution in [-0.4, -0.2) is 98.3 Å². The van der Waals surface area contributed by atoms with E-state index in [0.717, 1.165) is 65.2 Å². The molecule has 0 unspecified atom stereocenters. The first-order valence-electron chi connectivity index (χ1n) is 12.8. The summed E-state index contributed by atoms with van der Waals surface area (Å²) in [6, 6.07) is 8.27. The number of anilines is 1. The van der Waals surface area contributed by atoms with Crippen LogP contribution in [0.25, 0.3) is 32.5 Å². The van der Waals surface area contributed by atoms with Gasteiger partial charge in [-0.3, -0.25) is 14.8 Å². The Morgan fingerprint density at radius 1 is 1.08 bits per heavy atom. The number of benzene rings is 1. The summed E-state index contributed by atoms with van der Waals surface area (Å²) < 4.78 is 6.72. The number of carbonyl (C=O) groups is 1. The summed E-state index contributed by atoms with van der Waals surface area (Å²) in [5.74, 6) is 2.04. The molecule has 0 spiro atoms. The lowest BCUT2D eigenvalue weighted by Gasteiger charge is -2.34. The van der Waals surface area contributed by atoms with Crippen molar-refractivity contribution >= 4 is 44.2 Å². The molecule has 2 fully saturated rings. The molecule has 7 rings (SSSR count). The molecule has 11 nitrogen and oxygen atoms in total. The number of nitrogens with zero attached hydrogens (tertiary/aromatic N) is 7. The van der Waals surface area contributed by atoms with Crippen LogP contribution in [-0.2, 0) is 11.3 Å². The van der Waals surface area contributed by atoms with Gasteiger partial charge in [0.25, 0.3) is 5.91 Å². The number of amides is 1. The maximum atomic E-state index is 12.6. The average molecular weight is 530 g/mol. The van der Waals surface area contributed by atoms with Crippen LogP contribution in [0.2, 0.25) is 0 Å². The Balaban J connectivity index is 1.17. The molecule has 1 amide bonds. The van der Waals surface area contributed by atoms with Gasteiger partial charge in [0, 0.05) is 74.0 Å². The number of fused-ring (bicyclic) bond motifs is 2. The number of hydrogen-bond donors (Lipinski definition) is 2. The van der Waals surface area contributed by atoms with Crippen molar-refractivity contribution in [3.05, 3.63) is 53.6 Å². The summed E-state index contributed by atoms with van der Waals surface area (Å²) in [6.45, 7) is 6.81. The quantitative estimate of drug-likeness (QED) is 0.357. The Morgan fingerprint density at radius 2 is 1.95 bits per heavy atom. The van der Waals surface area contributed by atoms with Gasteiger partial charge in [-0.15, -0.1) is 11.3 Å². The summed E-state index contributed by atoms with van der Waals surface area (Å²) >= 11 is 1.76. The summed E-state index contributed by atoms with van der Waals surface area (Å²) in [7, 11) is 0. The minimum atomic E-state index is -0.0397. The van der Waals surface area contributed by atoms with E-state index < -0.39 is 0 Å². The number of nitrogens with one attached hydrogen (secondary N) is 2. The molecule has 2 aliphatic rings. The van der Waals surface area contributed by atoms with Crippen LogP contribution < -0.4 is 4.90 Å². The molecule has 0 aliphatic carbocycles. The van der Waals surface area contributed by atoms with E-state index in [-0.39, 0.29) is 5.91 Å². The van der Waals surface area contributed by atoms with E-state index in [1.807, 2.05) is 23.2 Å². The molecule has 0 atom stereocenters. The smallest absolute Gasteiger partial charge is 0.289 e. The average Bonchev–Trinajstić information content (AvgIpc) is 3.74. The first kappa shape index (κ1) is 23.3. The molecule has 1 aromatic carbocycles. The molecule has 0 bridgehead atoms. The number of ether oxygens (including phenoxy) is 1. The van der Waals surface area contributed by atoms with Crippen molar-refractivity contribution < 1.29 is 9.53 Å². The van der Waals surface area contributed by atoms with Crippen molar-refractivity contribution in [2.45, 2.75) is 6.54 Å². The molecule has 4 aromatic heterocycles. The third kappa shape index (κ3) is 4.30. The first-order valence-corrected chi connectivity index (χ1v) is 13.6. The Kier molecular flexibility index (Phi) is 5.99. The van der Waals surface area contributed by atoms with E-state index in [1.165, 1.54) is 4.88 Å². The summed E-state index contributed by atoms with van der Waals surface area (Å²) in [4.78, 5) is 37.6. The molecule has 2 aliphatic heterocycles. The number of imidazole rings is 1. The number of hydrogen-bond acceptors (Lipinski definition) is 9. The van der Waals surface area contributed by atoms with Gasteiger partial charge in [-0.25, -0.2) is 15.0 Å². The van der Waals surface area contributed by atoms with Gasteiger partial charge >= 0.3 is 0 Å². The number of aromatic nitrogens is 6. The number of carbonyl (C=O) groups excluding carboxylic acids is 1. The van der Waals surface area contributed by atoms with Crippen molar-refractivity contribution in [1.82, 2.24) is 39.9 Å². The Bertz CT molecular complexity index is 1580. The molecule has 0 saturated carbocycles. The van der Waals surface area contributed by atoms with Gasteiger partial charge in [0.1, 0.15) is 0 Å². The summed E-state index contributed by atoms with van der Waals surface area (Å²) in [5, 5.41) is 8.28. The van der Waals surface area contributed by atoms with E-state index in [4.69, 9.17) is 14.7 Å². The molecular formula is C26H27N9O2S. The normalized spacial score (nSPS) is 17.1. The monoisotopic (exact) mass is 529 g/mol. The number of morpholine rings is 1. The van der Waals surface area contributed by atoms with Gasteiger partial charge in [-0.1, -0.05) is 12.1 Å². The van der Waals surface area contributed by atoms with Gasteiger partial charge in [0.2, 0.25) is 0 Å². The van der Waals surface area contributed by atoms with E-state index >= 15 is 0 Å². The third-order valence-corrected chi connectivity index (χ3v) is 8.29. The van der Waals surface area contributed by atoms with Crippen LogP contribution in [0.5, 0.6) is 0 Å². The standard InChI is InChI=1S/C26H27N9O2S/c36-26(24-27-4-5-28-24)35-8-6-33(7-9-35)16-17-14-21-22(38-17)25(34-10-12-37-13-11-34)31-23(30-21)18-2-1-3-20-19(18)15-29-32-20/h1-5,14-15H,6-13,16H2,(H,27,28)(H,29,32). The largest absolute Gasteiger partial charge is 0.378 e. The lowest BCUT2D eigenvalue weighted by Crippen LogP contribution is -2.48. The second-order valence-corrected chi connectivity index (χ2v) is 10.7. The topological polar surface area (TPSA) is 119 Å². The third-order valence-electron chi connectivity index (χ3n) is 7.18. The molecule has 5 aromatic rings. The number of H-pyrrole nitrogens is 2. The maximum Gasteiger partial charge on any atom is 0.289 e. The SMILES string of the molecule is O=C(c1ncc[nH]1)N1CCN(Cc2cc3nc(-c4cccc5[nH]ncc45)nc(N4CCOCC4)c3s2)CC1. The van der Waals surface area contributed by atoms with Crippen molar-refractivity contribution in [3.8, 4) is 11.4 Å². The molecule has 2 saturated heterocycles. The van der Waals surface area contributed by atoms with Crippen LogP contribution in [0.15, 0.2) is 42.9 Å². The molecule has 194 valence electrons. The van der Waals surface area contributed by atoms with Crippen LogP contribution in [0.4, 0.5) is 5.82 Å². The Morgan fingerprint density at radius 3 is 2.76 bits per heavy atom. The van der Waals surface area contributed by atoms with Crippen LogP contribution in [0.1, 0.15) is 15.5 Å². The lowest BCUT2D eigenvalue weighted by atomic mass is 10.1. The van der Waals surface area contributed by atoms with Crippen molar-refractivity contribution in [2.24, 2.45) is 0 Å². The molecule has 6 heterocycles. The minimum absolute atomic E-state index is 0.0397. The predicted octanol–water partition coefficient (Wildman–Crippen LogP) is 2.75. The number of piperazine rings is 1. The maximum absolute atomic E-state index is 12.6. The summed E-state index contributed by atoms with van der Waals surface area (Å²) in [5.41, 5.74) is 2.90. The van der Waals surface area contributed by atoms with Gasteiger partial charge in [-0.05, 0) is 12.1 Å². The molecule has 0 radical (unpaired) electrons. The van der Waals surface area contributed by atoms with Crippen molar-refractivity contribution in [3.63, 3.8) is 0 Å². The molecule has 12 heteroatoms. The number of rotatable bonds is 5. The first-order chi connectivity index (χ1) is 18.7. The number of thiophene rings is 1. The van der Waals surface area contributed by atoms with Crippen LogP contribution in [0, 0.1) is 0 Å². The van der Waals surface area contributed by atoms with E-state index in [9.17, 15) is 4.79 Å². The van der Waals surface area contributed by atoms with E-state index in [0.29, 0.717) is 38.0 Å². The fraction of sp³-hybridized carbons (Fsp3) is 0.346. The zero-order valence-corrected chi connectivity index (χ0v) is 21.6. The Hall–Kier alpha value is -3.87. The highest BCUT2D eigenvalue weighted by molar-refractivity contribution is 7.19. The highest BCUT2D eigenvalue weighted by Gasteiger charge is 2.25. The Labute approximate surface area is 222 Å². The molecule has 2 N–H and O–H groups in total. The molecule has 38 heavy (non-hydrogen) atoms.